The highest BCUT2D eigenvalue weighted by Crippen LogP contribution is 2.26. The molecule has 0 radical (unpaired) electrons. The molecular formula is C15H20N2O. The van der Waals surface area contributed by atoms with Crippen molar-refractivity contribution in [2.45, 2.75) is 26.4 Å². The number of pyridine rings is 1. The molecule has 0 saturated carbocycles. The zero-order chi connectivity index (χ0) is 13.0. The molecule has 0 fully saturated rings. The zero-order valence-corrected chi connectivity index (χ0v) is 11.3. The second-order valence-corrected chi connectivity index (χ2v) is 4.41. The van der Waals surface area contributed by atoms with Gasteiger partial charge in [0.05, 0.1) is 12.1 Å². The number of fused-ring (bicyclic) bond motifs is 1. The Morgan fingerprint density at radius 3 is 2.83 bits per heavy atom. The third-order valence-electron chi connectivity index (χ3n) is 3.05. The van der Waals surface area contributed by atoms with E-state index in [4.69, 9.17) is 9.72 Å². The first-order valence-electron chi connectivity index (χ1n) is 6.38. The lowest BCUT2D eigenvalue weighted by molar-refractivity contribution is 0.186. The van der Waals surface area contributed by atoms with E-state index >= 15 is 0 Å². The first kappa shape index (κ1) is 12.8. The quantitative estimate of drug-likeness (QED) is 0.875. The molecule has 0 aliphatic carbocycles. The van der Waals surface area contributed by atoms with Gasteiger partial charge in [0.2, 0.25) is 0 Å². The maximum atomic E-state index is 5.25. The minimum atomic E-state index is 0.600. The van der Waals surface area contributed by atoms with E-state index in [9.17, 15) is 0 Å². The number of nitrogens with one attached hydrogen (secondary N) is 1. The second kappa shape index (κ2) is 5.83. The molecular weight excluding hydrogens is 224 g/mol. The second-order valence-electron chi connectivity index (χ2n) is 4.41. The van der Waals surface area contributed by atoms with Crippen molar-refractivity contribution in [1.29, 1.82) is 0 Å². The van der Waals surface area contributed by atoms with Gasteiger partial charge in [0.1, 0.15) is 0 Å². The van der Waals surface area contributed by atoms with Gasteiger partial charge in [0.15, 0.2) is 0 Å². The molecule has 0 amide bonds. The topological polar surface area (TPSA) is 34.1 Å². The van der Waals surface area contributed by atoms with E-state index < -0.39 is 0 Å². The summed E-state index contributed by atoms with van der Waals surface area (Å²) in [6.45, 7) is 2.77. The number of ether oxygens (including phenoxy) is 1. The number of benzene rings is 1. The number of methoxy groups -OCH3 is 1. The minimum absolute atomic E-state index is 0.600. The molecule has 18 heavy (non-hydrogen) atoms. The molecule has 0 unspecified atom stereocenters. The highest BCUT2D eigenvalue weighted by molar-refractivity contribution is 5.93. The van der Waals surface area contributed by atoms with Crippen LogP contribution in [0.5, 0.6) is 0 Å². The zero-order valence-electron chi connectivity index (χ0n) is 11.3. The van der Waals surface area contributed by atoms with Gasteiger partial charge in [-0.15, -0.1) is 0 Å². The molecule has 0 aliphatic rings. The van der Waals surface area contributed by atoms with Crippen LogP contribution < -0.4 is 5.32 Å². The predicted octanol–water partition coefficient (Wildman–Crippen LogP) is 3.38. The summed E-state index contributed by atoms with van der Waals surface area (Å²) in [5.74, 6) is 0. The van der Waals surface area contributed by atoms with E-state index in [1.54, 1.807) is 7.11 Å². The fraction of sp³-hybridized carbons (Fsp3) is 0.400. The third-order valence-corrected chi connectivity index (χ3v) is 3.05. The predicted molar refractivity (Wildman–Crippen MR) is 76.0 cm³/mol. The molecule has 0 saturated heterocycles. The lowest BCUT2D eigenvalue weighted by Crippen LogP contribution is -1.99. The average molecular weight is 244 g/mol. The molecule has 96 valence electrons. The Morgan fingerprint density at radius 2 is 2.17 bits per heavy atom. The van der Waals surface area contributed by atoms with Gasteiger partial charge in [-0.05, 0) is 12.5 Å². The summed E-state index contributed by atoms with van der Waals surface area (Å²) in [4.78, 5) is 4.77. The van der Waals surface area contributed by atoms with Crippen LogP contribution in [0.25, 0.3) is 10.9 Å². The first-order chi connectivity index (χ1) is 8.80. The Hall–Kier alpha value is -1.61. The summed E-state index contributed by atoms with van der Waals surface area (Å²) in [6.07, 6.45) is 2.11. The summed E-state index contributed by atoms with van der Waals surface area (Å²) in [7, 11) is 3.67. The van der Waals surface area contributed by atoms with Crippen LogP contribution in [0.4, 0.5) is 5.69 Å². The van der Waals surface area contributed by atoms with Gasteiger partial charge in [-0.25, -0.2) is 0 Å². The maximum absolute atomic E-state index is 5.25. The van der Waals surface area contributed by atoms with Gasteiger partial charge in [0, 0.05) is 36.5 Å². The standard InChI is InChI=1S/C15H20N2O/c1-4-6-12-9-14(16-2)13-8-5-7-11(10-18-3)15(13)17-12/h5,7-9H,4,6,10H2,1-3H3,(H,16,17). The SMILES string of the molecule is CCCc1cc(NC)c2cccc(COC)c2n1. The first-order valence-corrected chi connectivity index (χ1v) is 6.38. The molecule has 1 aromatic carbocycles. The van der Waals surface area contributed by atoms with Crippen molar-refractivity contribution in [1.82, 2.24) is 4.98 Å². The number of aryl methyl sites for hydroxylation is 1. The lowest BCUT2D eigenvalue weighted by Gasteiger charge is -2.11. The van der Waals surface area contributed by atoms with E-state index in [-0.39, 0.29) is 0 Å². The molecule has 0 spiro atoms. The van der Waals surface area contributed by atoms with Crippen LogP contribution in [-0.4, -0.2) is 19.1 Å². The molecule has 2 rings (SSSR count). The van der Waals surface area contributed by atoms with Crippen molar-refractivity contribution in [2.75, 3.05) is 19.5 Å². The largest absolute Gasteiger partial charge is 0.388 e. The average Bonchev–Trinajstić information content (AvgIpc) is 2.39. The van der Waals surface area contributed by atoms with Crippen LogP contribution in [0.3, 0.4) is 0 Å². The van der Waals surface area contributed by atoms with E-state index in [0.29, 0.717) is 6.61 Å². The monoisotopic (exact) mass is 244 g/mol. The Morgan fingerprint density at radius 1 is 1.33 bits per heavy atom. The molecule has 0 aliphatic heterocycles. The number of hydrogen-bond donors (Lipinski definition) is 1. The Balaban J connectivity index is 2.63. The summed E-state index contributed by atoms with van der Waals surface area (Å²) in [5.41, 5.74) is 4.47. The van der Waals surface area contributed by atoms with Crippen LogP contribution in [0, 0.1) is 0 Å². The van der Waals surface area contributed by atoms with Crippen LogP contribution in [-0.2, 0) is 17.8 Å². The molecule has 3 heteroatoms. The molecule has 1 aromatic heterocycles. The van der Waals surface area contributed by atoms with Crippen LogP contribution in [0.15, 0.2) is 24.3 Å². The van der Waals surface area contributed by atoms with Crippen molar-refractivity contribution < 1.29 is 4.74 Å². The maximum Gasteiger partial charge on any atom is 0.0781 e. The Bertz CT molecular complexity index is 537. The van der Waals surface area contributed by atoms with Crippen molar-refractivity contribution >= 4 is 16.6 Å². The molecule has 3 nitrogen and oxygen atoms in total. The number of rotatable bonds is 5. The third kappa shape index (κ3) is 2.46. The van der Waals surface area contributed by atoms with Crippen molar-refractivity contribution in [3.63, 3.8) is 0 Å². The van der Waals surface area contributed by atoms with Gasteiger partial charge in [-0.1, -0.05) is 31.5 Å². The smallest absolute Gasteiger partial charge is 0.0781 e. The summed E-state index contributed by atoms with van der Waals surface area (Å²) < 4.78 is 5.25. The molecule has 0 bridgehead atoms. The lowest BCUT2D eigenvalue weighted by atomic mass is 10.1. The van der Waals surface area contributed by atoms with Crippen molar-refractivity contribution in [3.8, 4) is 0 Å². The molecule has 1 N–H and O–H groups in total. The number of para-hydroxylation sites is 1. The van der Waals surface area contributed by atoms with Gasteiger partial charge in [0.25, 0.3) is 0 Å². The summed E-state index contributed by atoms with van der Waals surface area (Å²) >= 11 is 0. The van der Waals surface area contributed by atoms with Crippen LogP contribution >= 0.6 is 0 Å². The highest BCUT2D eigenvalue weighted by atomic mass is 16.5. The molecule has 2 aromatic rings. The van der Waals surface area contributed by atoms with Gasteiger partial charge >= 0.3 is 0 Å². The Labute approximate surface area is 108 Å². The molecule has 1 heterocycles. The van der Waals surface area contributed by atoms with Crippen molar-refractivity contribution in [2.24, 2.45) is 0 Å². The van der Waals surface area contributed by atoms with Crippen LogP contribution in [0.2, 0.25) is 0 Å². The fourth-order valence-corrected chi connectivity index (χ4v) is 2.22. The number of nitrogens with zero attached hydrogens (tertiary/aromatic N) is 1. The van der Waals surface area contributed by atoms with E-state index in [0.717, 1.165) is 40.7 Å². The van der Waals surface area contributed by atoms with Crippen LogP contribution in [0.1, 0.15) is 24.6 Å². The van der Waals surface area contributed by atoms with Gasteiger partial charge < -0.3 is 10.1 Å². The fourth-order valence-electron chi connectivity index (χ4n) is 2.22. The number of anilines is 1. The van der Waals surface area contributed by atoms with Crippen molar-refractivity contribution in [3.05, 3.63) is 35.5 Å². The Kier molecular flexibility index (Phi) is 4.15. The van der Waals surface area contributed by atoms with E-state index in [2.05, 4.69) is 36.5 Å². The van der Waals surface area contributed by atoms with Gasteiger partial charge in [-0.2, -0.15) is 0 Å². The highest BCUT2D eigenvalue weighted by Gasteiger charge is 2.08. The number of aromatic nitrogens is 1. The summed E-state index contributed by atoms with van der Waals surface area (Å²) in [5, 5.41) is 4.42. The van der Waals surface area contributed by atoms with E-state index in [1.807, 2.05) is 7.05 Å². The minimum Gasteiger partial charge on any atom is -0.388 e. The number of hydrogen-bond acceptors (Lipinski definition) is 3. The van der Waals surface area contributed by atoms with E-state index in [1.165, 1.54) is 0 Å². The normalized spacial score (nSPS) is 10.8. The summed E-state index contributed by atoms with van der Waals surface area (Å²) in [6, 6.07) is 8.37. The molecule has 0 atom stereocenters. The van der Waals surface area contributed by atoms with Gasteiger partial charge in [-0.3, -0.25) is 4.98 Å².